The van der Waals surface area contributed by atoms with Crippen LogP contribution >= 0.6 is 0 Å². The summed E-state index contributed by atoms with van der Waals surface area (Å²) >= 11 is 0. The molecule has 2 aromatic rings. The molecule has 2 saturated heterocycles. The summed E-state index contributed by atoms with van der Waals surface area (Å²) in [6.45, 7) is 0.168. The molecule has 7 heteroatoms. The van der Waals surface area contributed by atoms with Crippen LogP contribution < -0.4 is 9.47 Å². The number of hydrogen-bond donors (Lipinski definition) is 0. The molecule has 3 aliphatic rings. The lowest BCUT2D eigenvalue weighted by Gasteiger charge is -2.38. The fourth-order valence-corrected chi connectivity index (χ4v) is 6.57. The predicted molar refractivity (Wildman–Crippen MR) is 102 cm³/mol. The van der Waals surface area contributed by atoms with Gasteiger partial charge in [0.05, 0.1) is 10.1 Å². The summed E-state index contributed by atoms with van der Waals surface area (Å²) in [5.74, 6) is 1.17. The molecule has 0 radical (unpaired) electrons. The number of carbonyl (C=O) groups is 1. The molecule has 5 rings (SSSR count). The fourth-order valence-electron chi connectivity index (χ4n) is 4.69. The smallest absolute Gasteiger partial charge is 0.254 e. The Labute approximate surface area is 164 Å². The van der Waals surface area contributed by atoms with Gasteiger partial charge in [-0.3, -0.25) is 4.79 Å². The summed E-state index contributed by atoms with van der Waals surface area (Å²) in [6.07, 6.45) is 2.68. The maximum absolute atomic E-state index is 13.2. The van der Waals surface area contributed by atoms with Gasteiger partial charge in [0.25, 0.3) is 5.91 Å². The van der Waals surface area contributed by atoms with Crippen LogP contribution in [-0.2, 0) is 9.84 Å². The zero-order chi connectivity index (χ0) is 19.3. The first-order valence-corrected chi connectivity index (χ1v) is 11.1. The van der Waals surface area contributed by atoms with Crippen LogP contribution in [0.1, 0.15) is 36.0 Å². The fraction of sp³-hybridized carbons (Fsp3) is 0.381. The number of ether oxygens (including phenoxy) is 2. The maximum Gasteiger partial charge on any atom is 0.254 e. The van der Waals surface area contributed by atoms with Gasteiger partial charge in [-0.25, -0.2) is 8.42 Å². The molecule has 3 aliphatic heterocycles. The second-order valence-corrected chi connectivity index (χ2v) is 9.85. The zero-order valence-corrected chi connectivity index (χ0v) is 16.1. The van der Waals surface area contributed by atoms with Gasteiger partial charge in [0.2, 0.25) is 6.79 Å². The monoisotopic (exact) mass is 399 g/mol. The standard InChI is InChI=1S/C21H21NO5S/c23-21(14-6-9-19-20(10-14)27-13-26-19)22-15-7-8-16(22)12-18(11-15)28(24,25)17-4-2-1-3-5-17/h1-6,9-10,15-16,18H,7-8,11-13H2/t15-,16-/m1/s1. The van der Waals surface area contributed by atoms with E-state index >= 15 is 0 Å². The van der Waals surface area contributed by atoms with E-state index in [9.17, 15) is 13.2 Å². The number of fused-ring (bicyclic) bond motifs is 3. The first-order valence-electron chi connectivity index (χ1n) is 9.55. The number of carbonyl (C=O) groups excluding carboxylic acids is 1. The van der Waals surface area contributed by atoms with Gasteiger partial charge in [-0.05, 0) is 56.0 Å². The van der Waals surface area contributed by atoms with Crippen LogP contribution in [0.3, 0.4) is 0 Å². The van der Waals surface area contributed by atoms with Gasteiger partial charge in [-0.2, -0.15) is 0 Å². The molecule has 0 aromatic heterocycles. The van der Waals surface area contributed by atoms with Crippen molar-refractivity contribution >= 4 is 15.7 Å². The average molecular weight is 399 g/mol. The molecule has 0 spiro atoms. The van der Waals surface area contributed by atoms with Gasteiger partial charge in [0.15, 0.2) is 21.3 Å². The van der Waals surface area contributed by atoms with E-state index in [1.54, 1.807) is 42.5 Å². The Balaban J connectivity index is 1.38. The summed E-state index contributed by atoms with van der Waals surface area (Å²) in [5.41, 5.74) is 0.561. The zero-order valence-electron chi connectivity index (χ0n) is 15.3. The Bertz CT molecular complexity index is 1010. The van der Waals surface area contributed by atoms with Crippen molar-refractivity contribution in [2.45, 2.75) is 47.9 Å². The average Bonchev–Trinajstić information content (AvgIpc) is 3.29. The van der Waals surface area contributed by atoms with Crippen LogP contribution in [0.4, 0.5) is 0 Å². The van der Waals surface area contributed by atoms with Crippen LogP contribution in [0.5, 0.6) is 11.5 Å². The van der Waals surface area contributed by atoms with Crippen molar-refractivity contribution < 1.29 is 22.7 Å². The van der Waals surface area contributed by atoms with E-state index in [4.69, 9.17) is 9.47 Å². The lowest BCUT2D eigenvalue weighted by molar-refractivity contribution is 0.0598. The topological polar surface area (TPSA) is 72.9 Å². The Morgan fingerprint density at radius 3 is 2.32 bits per heavy atom. The second kappa shape index (κ2) is 6.51. The molecule has 2 aromatic carbocycles. The molecule has 0 aliphatic carbocycles. The number of benzene rings is 2. The van der Waals surface area contributed by atoms with E-state index in [0.29, 0.717) is 34.8 Å². The highest BCUT2D eigenvalue weighted by atomic mass is 32.2. The lowest BCUT2D eigenvalue weighted by Crippen LogP contribution is -2.49. The van der Waals surface area contributed by atoms with Crippen LogP contribution in [0.15, 0.2) is 53.4 Å². The van der Waals surface area contributed by atoms with Gasteiger partial charge in [-0.1, -0.05) is 18.2 Å². The molecule has 146 valence electrons. The summed E-state index contributed by atoms with van der Waals surface area (Å²) in [7, 11) is -3.38. The minimum atomic E-state index is -3.38. The number of piperidine rings is 1. The van der Waals surface area contributed by atoms with Crippen molar-refractivity contribution in [2.75, 3.05) is 6.79 Å². The van der Waals surface area contributed by atoms with Gasteiger partial charge < -0.3 is 14.4 Å². The number of rotatable bonds is 3. The number of hydrogen-bond acceptors (Lipinski definition) is 5. The van der Waals surface area contributed by atoms with Crippen LogP contribution in [0.2, 0.25) is 0 Å². The summed E-state index contributed by atoms with van der Waals surface area (Å²) in [6, 6.07) is 13.8. The second-order valence-electron chi connectivity index (χ2n) is 7.62. The Kier molecular flexibility index (Phi) is 4.08. The predicted octanol–water partition coefficient (Wildman–Crippen LogP) is 3.02. The van der Waals surface area contributed by atoms with E-state index in [1.165, 1.54) is 0 Å². The van der Waals surface area contributed by atoms with Gasteiger partial charge >= 0.3 is 0 Å². The summed E-state index contributed by atoms with van der Waals surface area (Å²) in [5, 5.41) is -0.437. The van der Waals surface area contributed by atoms with E-state index in [0.717, 1.165) is 12.8 Å². The molecule has 2 fully saturated rings. The van der Waals surface area contributed by atoms with Crippen molar-refractivity contribution in [3.8, 4) is 11.5 Å². The number of nitrogens with zero attached hydrogens (tertiary/aromatic N) is 1. The van der Waals surface area contributed by atoms with Crippen molar-refractivity contribution in [1.82, 2.24) is 4.90 Å². The maximum atomic E-state index is 13.2. The van der Waals surface area contributed by atoms with Crippen molar-refractivity contribution in [3.63, 3.8) is 0 Å². The van der Waals surface area contributed by atoms with Crippen molar-refractivity contribution in [3.05, 3.63) is 54.1 Å². The molecular weight excluding hydrogens is 378 g/mol. The van der Waals surface area contributed by atoms with E-state index < -0.39 is 15.1 Å². The van der Waals surface area contributed by atoms with Crippen molar-refractivity contribution in [1.29, 1.82) is 0 Å². The molecule has 3 heterocycles. The first-order chi connectivity index (χ1) is 13.5. The highest BCUT2D eigenvalue weighted by Crippen LogP contribution is 2.41. The van der Waals surface area contributed by atoms with E-state index in [2.05, 4.69) is 0 Å². The molecule has 0 N–H and O–H groups in total. The van der Waals surface area contributed by atoms with Gasteiger partial charge in [0.1, 0.15) is 0 Å². The minimum absolute atomic E-state index is 0.0415. The Morgan fingerprint density at radius 2 is 1.61 bits per heavy atom. The molecular formula is C21H21NO5S. The minimum Gasteiger partial charge on any atom is -0.454 e. The molecule has 0 saturated carbocycles. The van der Waals surface area contributed by atoms with Crippen LogP contribution in [0, 0.1) is 0 Å². The van der Waals surface area contributed by atoms with E-state index in [-0.39, 0.29) is 24.8 Å². The SMILES string of the molecule is O=C(c1ccc2c(c1)OCO2)N1[C@@H]2CC[C@@H]1CC(S(=O)(=O)c1ccccc1)C2. The van der Waals surface area contributed by atoms with Crippen LogP contribution in [0.25, 0.3) is 0 Å². The quantitative estimate of drug-likeness (QED) is 0.793. The first kappa shape index (κ1) is 17.6. The molecule has 28 heavy (non-hydrogen) atoms. The Hall–Kier alpha value is -2.54. The van der Waals surface area contributed by atoms with Gasteiger partial charge in [0, 0.05) is 17.6 Å². The Morgan fingerprint density at radius 1 is 0.929 bits per heavy atom. The third kappa shape index (κ3) is 2.76. The molecule has 2 atom stereocenters. The molecule has 6 nitrogen and oxygen atoms in total. The molecule has 2 bridgehead atoms. The summed E-state index contributed by atoms with van der Waals surface area (Å²) in [4.78, 5) is 15.4. The molecule has 0 unspecified atom stereocenters. The van der Waals surface area contributed by atoms with Gasteiger partial charge in [-0.15, -0.1) is 0 Å². The highest BCUT2D eigenvalue weighted by molar-refractivity contribution is 7.92. The van der Waals surface area contributed by atoms with Crippen LogP contribution in [-0.4, -0.2) is 43.4 Å². The normalized spacial score (nSPS) is 25.7. The summed E-state index contributed by atoms with van der Waals surface area (Å²) < 4.78 is 36.8. The van der Waals surface area contributed by atoms with Crippen molar-refractivity contribution in [2.24, 2.45) is 0 Å². The number of sulfone groups is 1. The third-order valence-corrected chi connectivity index (χ3v) is 8.25. The van der Waals surface area contributed by atoms with E-state index in [1.807, 2.05) is 11.0 Å². The third-order valence-electron chi connectivity index (χ3n) is 6.05. The lowest BCUT2D eigenvalue weighted by atomic mass is 10.0. The number of amides is 1. The highest BCUT2D eigenvalue weighted by Gasteiger charge is 2.47. The largest absolute Gasteiger partial charge is 0.454 e. The molecule has 1 amide bonds.